The van der Waals surface area contributed by atoms with Crippen LogP contribution in [0.2, 0.25) is 0 Å². The maximum absolute atomic E-state index is 6.17. The molecule has 1 saturated carbocycles. The van der Waals surface area contributed by atoms with Gasteiger partial charge < -0.3 is 9.47 Å². The summed E-state index contributed by atoms with van der Waals surface area (Å²) in [6.07, 6.45) is 5.21. The Labute approximate surface area is 119 Å². The Balaban J connectivity index is 1.68. The molecule has 2 aliphatic rings. The van der Waals surface area contributed by atoms with Crippen LogP contribution in [0.3, 0.4) is 0 Å². The Morgan fingerprint density at radius 1 is 0.700 bits per heavy atom. The quantitative estimate of drug-likeness (QED) is 0.760. The standard InChI is InChI=1S/C18H18O2/c1-2-6-13(7-3-1)14-10-11-17-18(12-14)20-16-9-5-4-8-15(16)19-17/h1-3,6-7,10-12,15-16H,4-5,8-9H2/t15-,16-/m0/s1. The highest BCUT2D eigenvalue weighted by Crippen LogP contribution is 2.40. The minimum Gasteiger partial charge on any atom is -0.483 e. The number of rotatable bonds is 1. The first-order valence-corrected chi connectivity index (χ1v) is 7.43. The summed E-state index contributed by atoms with van der Waals surface area (Å²) in [7, 11) is 0. The van der Waals surface area contributed by atoms with E-state index in [-0.39, 0.29) is 12.2 Å². The summed E-state index contributed by atoms with van der Waals surface area (Å²) in [5, 5.41) is 0. The molecule has 0 spiro atoms. The number of fused-ring (bicyclic) bond motifs is 2. The average molecular weight is 266 g/mol. The van der Waals surface area contributed by atoms with Crippen molar-refractivity contribution in [2.24, 2.45) is 0 Å². The number of hydrogen-bond donors (Lipinski definition) is 0. The van der Waals surface area contributed by atoms with Crippen molar-refractivity contribution in [1.29, 1.82) is 0 Å². The third kappa shape index (κ3) is 2.05. The van der Waals surface area contributed by atoms with E-state index >= 15 is 0 Å². The molecule has 0 aromatic heterocycles. The minimum atomic E-state index is 0.238. The largest absolute Gasteiger partial charge is 0.483 e. The van der Waals surface area contributed by atoms with Crippen LogP contribution in [-0.2, 0) is 0 Å². The van der Waals surface area contributed by atoms with Crippen LogP contribution in [0, 0.1) is 0 Å². The maximum Gasteiger partial charge on any atom is 0.162 e. The monoisotopic (exact) mass is 266 g/mol. The van der Waals surface area contributed by atoms with E-state index in [0.29, 0.717) is 0 Å². The molecule has 2 heteroatoms. The second kappa shape index (κ2) is 4.86. The van der Waals surface area contributed by atoms with Gasteiger partial charge in [0.1, 0.15) is 12.2 Å². The molecule has 2 aromatic rings. The number of benzene rings is 2. The zero-order valence-electron chi connectivity index (χ0n) is 11.4. The van der Waals surface area contributed by atoms with Crippen LogP contribution in [0.25, 0.3) is 11.1 Å². The highest BCUT2D eigenvalue weighted by molar-refractivity contribution is 5.67. The Hall–Kier alpha value is -1.96. The van der Waals surface area contributed by atoms with Crippen molar-refractivity contribution < 1.29 is 9.47 Å². The highest BCUT2D eigenvalue weighted by atomic mass is 16.6. The zero-order valence-corrected chi connectivity index (χ0v) is 11.4. The Morgan fingerprint density at radius 3 is 2.15 bits per heavy atom. The van der Waals surface area contributed by atoms with Gasteiger partial charge >= 0.3 is 0 Å². The van der Waals surface area contributed by atoms with Crippen LogP contribution in [0.5, 0.6) is 11.5 Å². The van der Waals surface area contributed by atoms with E-state index < -0.39 is 0 Å². The normalized spacial score (nSPS) is 24.0. The molecule has 20 heavy (non-hydrogen) atoms. The van der Waals surface area contributed by atoms with E-state index in [9.17, 15) is 0 Å². The second-order valence-electron chi connectivity index (χ2n) is 5.62. The van der Waals surface area contributed by atoms with Crippen molar-refractivity contribution in [2.75, 3.05) is 0 Å². The lowest BCUT2D eigenvalue weighted by Gasteiger charge is -2.37. The van der Waals surface area contributed by atoms with Crippen molar-refractivity contribution >= 4 is 0 Å². The third-order valence-corrected chi connectivity index (χ3v) is 4.25. The van der Waals surface area contributed by atoms with Crippen LogP contribution >= 0.6 is 0 Å². The van der Waals surface area contributed by atoms with Gasteiger partial charge in [0.05, 0.1) is 0 Å². The molecule has 0 saturated heterocycles. The van der Waals surface area contributed by atoms with Crippen molar-refractivity contribution in [3.05, 3.63) is 48.5 Å². The fourth-order valence-electron chi connectivity index (χ4n) is 3.17. The Morgan fingerprint density at radius 2 is 1.40 bits per heavy atom. The first-order valence-electron chi connectivity index (χ1n) is 7.43. The zero-order chi connectivity index (χ0) is 13.4. The molecule has 4 rings (SSSR count). The molecule has 1 fully saturated rings. The molecule has 1 aliphatic heterocycles. The fourth-order valence-corrected chi connectivity index (χ4v) is 3.17. The number of ether oxygens (including phenoxy) is 2. The SMILES string of the molecule is c1ccc(-c2ccc3c(c2)O[C@H]2CCCC[C@@H]2O3)cc1. The minimum absolute atomic E-state index is 0.238. The summed E-state index contributed by atoms with van der Waals surface area (Å²) < 4.78 is 12.3. The van der Waals surface area contributed by atoms with Crippen LogP contribution < -0.4 is 9.47 Å². The fraction of sp³-hybridized carbons (Fsp3) is 0.333. The maximum atomic E-state index is 6.17. The van der Waals surface area contributed by atoms with E-state index in [1.165, 1.54) is 24.0 Å². The Bertz CT molecular complexity index is 606. The topological polar surface area (TPSA) is 18.5 Å². The predicted molar refractivity (Wildman–Crippen MR) is 79.2 cm³/mol. The van der Waals surface area contributed by atoms with E-state index in [1.807, 2.05) is 12.1 Å². The van der Waals surface area contributed by atoms with Gasteiger partial charge in [0, 0.05) is 0 Å². The molecule has 0 amide bonds. The van der Waals surface area contributed by atoms with E-state index in [0.717, 1.165) is 24.3 Å². The van der Waals surface area contributed by atoms with Gasteiger partial charge in [-0.15, -0.1) is 0 Å². The van der Waals surface area contributed by atoms with Gasteiger partial charge in [0.25, 0.3) is 0 Å². The van der Waals surface area contributed by atoms with Crippen LogP contribution in [0.4, 0.5) is 0 Å². The smallest absolute Gasteiger partial charge is 0.162 e. The van der Waals surface area contributed by atoms with Crippen LogP contribution in [0.1, 0.15) is 25.7 Å². The van der Waals surface area contributed by atoms with Crippen LogP contribution in [-0.4, -0.2) is 12.2 Å². The van der Waals surface area contributed by atoms with Gasteiger partial charge in [-0.1, -0.05) is 36.4 Å². The van der Waals surface area contributed by atoms with Crippen molar-refractivity contribution in [1.82, 2.24) is 0 Å². The first kappa shape index (κ1) is 11.8. The average Bonchev–Trinajstić information content (AvgIpc) is 2.53. The lowest BCUT2D eigenvalue weighted by molar-refractivity contribution is -0.00596. The Kier molecular flexibility index (Phi) is 2.87. The molecule has 1 heterocycles. The first-order chi connectivity index (χ1) is 9.90. The third-order valence-electron chi connectivity index (χ3n) is 4.25. The van der Waals surface area contributed by atoms with Crippen molar-refractivity contribution in [2.45, 2.75) is 37.9 Å². The molecule has 1 aliphatic carbocycles. The van der Waals surface area contributed by atoms with Crippen molar-refractivity contribution in [3.63, 3.8) is 0 Å². The van der Waals surface area contributed by atoms with E-state index in [2.05, 4.69) is 36.4 Å². The van der Waals surface area contributed by atoms with Gasteiger partial charge in [0.2, 0.25) is 0 Å². The number of hydrogen-bond acceptors (Lipinski definition) is 2. The van der Waals surface area contributed by atoms with Gasteiger partial charge in [-0.2, -0.15) is 0 Å². The summed E-state index contributed by atoms with van der Waals surface area (Å²) in [5.74, 6) is 1.79. The summed E-state index contributed by atoms with van der Waals surface area (Å²) >= 11 is 0. The molecular formula is C18H18O2. The highest BCUT2D eigenvalue weighted by Gasteiger charge is 2.33. The van der Waals surface area contributed by atoms with E-state index in [1.54, 1.807) is 0 Å². The summed E-state index contributed by atoms with van der Waals surface area (Å²) in [6, 6.07) is 16.7. The summed E-state index contributed by atoms with van der Waals surface area (Å²) in [5.41, 5.74) is 2.40. The van der Waals surface area contributed by atoms with Gasteiger partial charge in [0.15, 0.2) is 11.5 Å². The second-order valence-corrected chi connectivity index (χ2v) is 5.62. The molecule has 0 radical (unpaired) electrons. The molecule has 2 nitrogen and oxygen atoms in total. The van der Waals surface area contributed by atoms with Gasteiger partial charge in [-0.05, 0) is 48.9 Å². The molecule has 2 atom stereocenters. The van der Waals surface area contributed by atoms with Crippen LogP contribution in [0.15, 0.2) is 48.5 Å². The lowest BCUT2D eigenvalue weighted by Crippen LogP contribution is -2.41. The lowest BCUT2D eigenvalue weighted by atomic mass is 9.93. The molecule has 102 valence electrons. The molecular weight excluding hydrogens is 248 g/mol. The summed E-state index contributed by atoms with van der Waals surface area (Å²) in [6.45, 7) is 0. The van der Waals surface area contributed by atoms with E-state index in [4.69, 9.17) is 9.47 Å². The van der Waals surface area contributed by atoms with Gasteiger partial charge in [-0.3, -0.25) is 0 Å². The molecule has 0 unspecified atom stereocenters. The van der Waals surface area contributed by atoms with Gasteiger partial charge in [-0.25, -0.2) is 0 Å². The summed E-state index contributed by atoms with van der Waals surface area (Å²) in [4.78, 5) is 0. The molecule has 0 N–H and O–H groups in total. The molecule has 0 bridgehead atoms. The molecule has 2 aromatic carbocycles. The van der Waals surface area contributed by atoms with Crippen molar-refractivity contribution in [3.8, 4) is 22.6 Å². The predicted octanol–water partition coefficient (Wildman–Crippen LogP) is 4.44.